The molecule has 2 rings (SSSR count). The number of nitrogens with two attached hydrogens (primary N) is 1. The molecule has 2 aromatic rings. The van der Waals surface area contributed by atoms with E-state index in [1.54, 1.807) is 18.3 Å². The van der Waals surface area contributed by atoms with Crippen molar-refractivity contribution in [2.45, 2.75) is 26.3 Å². The third-order valence-electron chi connectivity index (χ3n) is 3.12. The number of hydrogen-bond donors (Lipinski definition) is 1. The van der Waals surface area contributed by atoms with Crippen LogP contribution < -0.4 is 10.6 Å². The predicted molar refractivity (Wildman–Crippen MR) is 80.7 cm³/mol. The molecule has 4 heteroatoms. The average molecular weight is 273 g/mol. The first-order chi connectivity index (χ1) is 9.63. The number of benzene rings is 1. The summed E-state index contributed by atoms with van der Waals surface area (Å²) in [5.74, 6) is 0.532. The van der Waals surface area contributed by atoms with Gasteiger partial charge in [0, 0.05) is 18.8 Å². The summed E-state index contributed by atoms with van der Waals surface area (Å²) in [6.45, 7) is 4.58. The van der Waals surface area contributed by atoms with Gasteiger partial charge in [-0.05, 0) is 44.0 Å². The van der Waals surface area contributed by atoms with Crippen molar-refractivity contribution in [2.24, 2.45) is 5.73 Å². The van der Waals surface area contributed by atoms with Crippen LogP contribution in [0.3, 0.4) is 0 Å². The van der Waals surface area contributed by atoms with E-state index in [0.717, 1.165) is 11.4 Å². The molecule has 0 saturated heterocycles. The Morgan fingerprint density at radius 1 is 1.25 bits per heavy atom. The Morgan fingerprint density at radius 3 is 2.65 bits per heavy atom. The Balaban J connectivity index is 2.45. The molecule has 1 unspecified atom stereocenters. The summed E-state index contributed by atoms with van der Waals surface area (Å²) in [5, 5.41) is 0. The normalized spacial score (nSPS) is 12.2. The zero-order chi connectivity index (χ0) is 14.5. The SMILES string of the molecule is CCN(c1ccccc1F)c1ncccc1CC(C)N. The van der Waals surface area contributed by atoms with Crippen molar-refractivity contribution in [3.05, 3.63) is 54.0 Å². The van der Waals surface area contributed by atoms with E-state index in [1.807, 2.05) is 36.9 Å². The first-order valence-electron chi connectivity index (χ1n) is 6.85. The van der Waals surface area contributed by atoms with Crippen molar-refractivity contribution in [2.75, 3.05) is 11.4 Å². The second kappa shape index (κ2) is 6.48. The van der Waals surface area contributed by atoms with Gasteiger partial charge in [0.2, 0.25) is 0 Å². The molecule has 1 aromatic carbocycles. The van der Waals surface area contributed by atoms with Crippen LogP contribution in [0.5, 0.6) is 0 Å². The summed E-state index contributed by atoms with van der Waals surface area (Å²) < 4.78 is 14.0. The molecule has 0 aliphatic heterocycles. The molecule has 1 aromatic heterocycles. The van der Waals surface area contributed by atoms with E-state index >= 15 is 0 Å². The van der Waals surface area contributed by atoms with Crippen molar-refractivity contribution in [3.8, 4) is 0 Å². The maximum absolute atomic E-state index is 14.0. The first-order valence-corrected chi connectivity index (χ1v) is 6.85. The molecule has 1 atom stereocenters. The third kappa shape index (κ3) is 3.14. The van der Waals surface area contributed by atoms with E-state index < -0.39 is 0 Å². The number of nitrogens with zero attached hydrogens (tertiary/aromatic N) is 2. The van der Waals surface area contributed by atoms with Crippen LogP contribution >= 0.6 is 0 Å². The quantitative estimate of drug-likeness (QED) is 0.909. The Bertz CT molecular complexity index is 569. The largest absolute Gasteiger partial charge is 0.328 e. The first kappa shape index (κ1) is 14.5. The van der Waals surface area contributed by atoms with E-state index in [2.05, 4.69) is 4.98 Å². The molecule has 1 heterocycles. The Hall–Kier alpha value is -1.94. The highest BCUT2D eigenvalue weighted by atomic mass is 19.1. The number of aromatic nitrogens is 1. The highest BCUT2D eigenvalue weighted by Gasteiger charge is 2.16. The van der Waals surface area contributed by atoms with Gasteiger partial charge < -0.3 is 10.6 Å². The average Bonchev–Trinajstić information content (AvgIpc) is 2.43. The number of halogens is 1. The fourth-order valence-electron chi connectivity index (χ4n) is 2.28. The van der Waals surface area contributed by atoms with Gasteiger partial charge in [0.15, 0.2) is 0 Å². The van der Waals surface area contributed by atoms with Gasteiger partial charge in [-0.25, -0.2) is 9.37 Å². The second-order valence-electron chi connectivity index (χ2n) is 4.86. The molecule has 0 saturated carbocycles. The molecule has 0 radical (unpaired) electrons. The lowest BCUT2D eigenvalue weighted by Crippen LogP contribution is -2.23. The maximum atomic E-state index is 14.0. The van der Waals surface area contributed by atoms with Crippen molar-refractivity contribution in [1.82, 2.24) is 4.98 Å². The monoisotopic (exact) mass is 273 g/mol. The van der Waals surface area contributed by atoms with Crippen molar-refractivity contribution < 1.29 is 4.39 Å². The number of anilines is 2. The van der Waals surface area contributed by atoms with Crippen LogP contribution in [-0.4, -0.2) is 17.6 Å². The smallest absolute Gasteiger partial charge is 0.146 e. The molecule has 0 bridgehead atoms. The topological polar surface area (TPSA) is 42.2 Å². The van der Waals surface area contributed by atoms with Gasteiger partial charge in [0.25, 0.3) is 0 Å². The second-order valence-corrected chi connectivity index (χ2v) is 4.86. The summed E-state index contributed by atoms with van der Waals surface area (Å²) >= 11 is 0. The fraction of sp³-hybridized carbons (Fsp3) is 0.312. The molecule has 3 nitrogen and oxygen atoms in total. The van der Waals surface area contributed by atoms with E-state index in [-0.39, 0.29) is 11.9 Å². The number of hydrogen-bond acceptors (Lipinski definition) is 3. The van der Waals surface area contributed by atoms with Gasteiger partial charge in [-0.1, -0.05) is 18.2 Å². The Labute approximate surface area is 119 Å². The van der Waals surface area contributed by atoms with E-state index in [1.165, 1.54) is 6.07 Å². The summed E-state index contributed by atoms with van der Waals surface area (Å²) in [7, 11) is 0. The number of para-hydroxylation sites is 1. The Morgan fingerprint density at radius 2 is 2.00 bits per heavy atom. The van der Waals surface area contributed by atoms with Gasteiger partial charge in [-0.3, -0.25) is 0 Å². The van der Waals surface area contributed by atoms with Crippen molar-refractivity contribution >= 4 is 11.5 Å². The summed E-state index contributed by atoms with van der Waals surface area (Å²) in [6.07, 6.45) is 2.44. The summed E-state index contributed by atoms with van der Waals surface area (Å²) in [4.78, 5) is 6.31. The Kier molecular flexibility index (Phi) is 4.69. The van der Waals surface area contributed by atoms with Crippen LogP contribution in [0.2, 0.25) is 0 Å². The van der Waals surface area contributed by atoms with Crippen LogP contribution in [0.4, 0.5) is 15.9 Å². The van der Waals surface area contributed by atoms with Gasteiger partial charge in [-0.2, -0.15) is 0 Å². The standard InChI is InChI=1S/C16H20FN3/c1-3-20(15-9-5-4-8-14(15)17)16-13(11-12(2)18)7-6-10-19-16/h4-10,12H,3,11,18H2,1-2H3. The van der Waals surface area contributed by atoms with Crippen LogP contribution in [0.15, 0.2) is 42.6 Å². The minimum Gasteiger partial charge on any atom is -0.328 e. The molecule has 2 N–H and O–H groups in total. The molecular weight excluding hydrogens is 253 g/mol. The molecule has 0 spiro atoms. The maximum Gasteiger partial charge on any atom is 0.146 e. The molecule has 106 valence electrons. The highest BCUT2D eigenvalue weighted by Crippen LogP contribution is 2.28. The van der Waals surface area contributed by atoms with E-state index in [9.17, 15) is 4.39 Å². The number of rotatable bonds is 5. The molecule has 0 aliphatic carbocycles. The van der Waals surface area contributed by atoms with E-state index in [0.29, 0.717) is 18.7 Å². The van der Waals surface area contributed by atoms with Crippen molar-refractivity contribution in [3.63, 3.8) is 0 Å². The molecular formula is C16H20FN3. The van der Waals surface area contributed by atoms with Gasteiger partial charge in [0.05, 0.1) is 5.69 Å². The van der Waals surface area contributed by atoms with Gasteiger partial charge in [-0.15, -0.1) is 0 Å². The van der Waals surface area contributed by atoms with Crippen LogP contribution in [-0.2, 0) is 6.42 Å². The molecule has 0 amide bonds. The minimum absolute atomic E-state index is 0.0391. The van der Waals surface area contributed by atoms with Gasteiger partial charge in [0.1, 0.15) is 11.6 Å². The fourth-order valence-corrected chi connectivity index (χ4v) is 2.28. The summed E-state index contributed by atoms with van der Waals surface area (Å²) in [5.41, 5.74) is 7.46. The van der Waals surface area contributed by atoms with Crippen LogP contribution in [0, 0.1) is 5.82 Å². The number of pyridine rings is 1. The lowest BCUT2D eigenvalue weighted by Gasteiger charge is -2.25. The highest BCUT2D eigenvalue weighted by molar-refractivity contribution is 5.63. The van der Waals surface area contributed by atoms with Crippen molar-refractivity contribution in [1.29, 1.82) is 0 Å². The van der Waals surface area contributed by atoms with Crippen LogP contribution in [0.1, 0.15) is 19.4 Å². The predicted octanol–water partition coefficient (Wildman–Crippen LogP) is 3.27. The molecule has 20 heavy (non-hydrogen) atoms. The lowest BCUT2D eigenvalue weighted by molar-refractivity contribution is 0.625. The minimum atomic E-state index is -0.244. The van der Waals surface area contributed by atoms with Crippen LogP contribution in [0.25, 0.3) is 0 Å². The zero-order valence-corrected chi connectivity index (χ0v) is 11.9. The van der Waals surface area contributed by atoms with E-state index in [4.69, 9.17) is 5.73 Å². The lowest BCUT2D eigenvalue weighted by atomic mass is 10.1. The molecule has 0 fully saturated rings. The third-order valence-corrected chi connectivity index (χ3v) is 3.12. The molecule has 0 aliphatic rings. The zero-order valence-electron chi connectivity index (χ0n) is 11.9. The summed E-state index contributed by atoms with van der Waals surface area (Å²) in [6, 6.07) is 10.7. The van der Waals surface area contributed by atoms with Gasteiger partial charge >= 0.3 is 0 Å².